The number of amides is 3. The van der Waals surface area contributed by atoms with E-state index in [4.69, 9.17) is 0 Å². The maximum Gasteiger partial charge on any atom is 0.317 e. The number of benzene rings is 1. The Hall–Kier alpha value is -2.34. The lowest BCUT2D eigenvalue weighted by atomic mass is 10.1. The number of hydrogen-bond donors (Lipinski definition) is 1. The van der Waals surface area contributed by atoms with Crippen molar-refractivity contribution in [2.24, 2.45) is 0 Å². The zero-order chi connectivity index (χ0) is 17.9. The molecule has 0 saturated carbocycles. The van der Waals surface area contributed by atoms with Crippen LogP contribution in [0.4, 0.5) is 4.79 Å². The summed E-state index contributed by atoms with van der Waals surface area (Å²) in [6.45, 7) is 3.41. The molecular formula is C20H23N3O2S. The lowest BCUT2D eigenvalue weighted by molar-refractivity contribution is -0.128. The Bertz CT molecular complexity index is 817. The Kier molecular flexibility index (Phi) is 4.93. The molecule has 26 heavy (non-hydrogen) atoms. The van der Waals surface area contributed by atoms with Crippen molar-refractivity contribution in [1.29, 1.82) is 0 Å². The molecule has 1 N–H and O–H groups in total. The van der Waals surface area contributed by atoms with Crippen LogP contribution < -0.4 is 5.32 Å². The minimum Gasteiger partial charge on any atom is -0.338 e. The molecule has 3 heterocycles. The van der Waals surface area contributed by atoms with Crippen LogP contribution in [0, 0.1) is 0 Å². The molecule has 0 unspecified atom stereocenters. The predicted molar refractivity (Wildman–Crippen MR) is 102 cm³/mol. The highest BCUT2D eigenvalue weighted by Gasteiger charge is 2.23. The van der Waals surface area contributed by atoms with Gasteiger partial charge in [-0.2, -0.15) is 0 Å². The van der Waals surface area contributed by atoms with Crippen LogP contribution in [0.2, 0.25) is 0 Å². The van der Waals surface area contributed by atoms with E-state index in [1.165, 1.54) is 10.4 Å². The van der Waals surface area contributed by atoms with Gasteiger partial charge in [-0.1, -0.05) is 24.3 Å². The number of hydrogen-bond acceptors (Lipinski definition) is 3. The van der Waals surface area contributed by atoms with Crippen molar-refractivity contribution in [3.05, 3.63) is 57.3 Å². The van der Waals surface area contributed by atoms with E-state index in [0.29, 0.717) is 26.1 Å². The highest BCUT2D eigenvalue weighted by molar-refractivity contribution is 7.10. The Morgan fingerprint density at radius 2 is 1.96 bits per heavy atom. The van der Waals surface area contributed by atoms with E-state index in [0.717, 1.165) is 37.1 Å². The minimum absolute atomic E-state index is 0.0195. The monoisotopic (exact) mass is 369 g/mol. The van der Waals surface area contributed by atoms with Gasteiger partial charge in [-0.05, 0) is 41.0 Å². The zero-order valence-electron chi connectivity index (χ0n) is 14.7. The van der Waals surface area contributed by atoms with E-state index in [1.807, 2.05) is 34.1 Å². The normalized spacial score (nSPS) is 16.7. The molecule has 0 spiro atoms. The third kappa shape index (κ3) is 3.60. The fraction of sp³-hybridized carbons (Fsp3) is 0.400. The minimum atomic E-state index is -0.0195. The van der Waals surface area contributed by atoms with Crippen LogP contribution in [0.5, 0.6) is 0 Å². The maximum absolute atomic E-state index is 12.6. The van der Waals surface area contributed by atoms with Crippen molar-refractivity contribution in [3.8, 4) is 0 Å². The molecule has 1 aromatic carbocycles. The summed E-state index contributed by atoms with van der Waals surface area (Å²) in [5, 5.41) is 5.15. The average molecular weight is 369 g/mol. The van der Waals surface area contributed by atoms with Gasteiger partial charge in [0.2, 0.25) is 5.91 Å². The Morgan fingerprint density at radius 3 is 2.77 bits per heavy atom. The molecule has 2 aliphatic rings. The first kappa shape index (κ1) is 17.1. The van der Waals surface area contributed by atoms with Crippen LogP contribution in [-0.2, 0) is 30.8 Å². The molecule has 1 saturated heterocycles. The molecule has 4 rings (SSSR count). The molecular weight excluding hydrogens is 346 g/mol. The van der Waals surface area contributed by atoms with E-state index in [1.54, 1.807) is 11.3 Å². The van der Waals surface area contributed by atoms with Crippen LogP contribution >= 0.6 is 11.3 Å². The van der Waals surface area contributed by atoms with E-state index < -0.39 is 0 Å². The molecule has 1 fully saturated rings. The quantitative estimate of drug-likeness (QED) is 0.900. The number of rotatable bonds is 4. The highest BCUT2D eigenvalue weighted by atomic mass is 32.1. The fourth-order valence-corrected chi connectivity index (χ4v) is 4.56. The number of nitrogens with zero attached hydrogens (tertiary/aromatic N) is 2. The fourth-order valence-electron chi connectivity index (χ4n) is 3.67. The maximum atomic E-state index is 12.6. The van der Waals surface area contributed by atoms with E-state index in [9.17, 15) is 9.59 Å². The summed E-state index contributed by atoms with van der Waals surface area (Å²) >= 11 is 1.78. The summed E-state index contributed by atoms with van der Waals surface area (Å²) in [7, 11) is 0. The first-order valence-electron chi connectivity index (χ1n) is 9.13. The molecule has 1 aromatic heterocycles. The van der Waals surface area contributed by atoms with Gasteiger partial charge in [-0.3, -0.25) is 4.79 Å². The van der Waals surface area contributed by atoms with Gasteiger partial charge in [0, 0.05) is 44.0 Å². The summed E-state index contributed by atoms with van der Waals surface area (Å²) in [4.78, 5) is 29.6. The topological polar surface area (TPSA) is 52.7 Å². The molecule has 0 aliphatic carbocycles. The molecule has 6 heteroatoms. The second kappa shape index (κ2) is 7.50. The number of carbonyl (C=O) groups excluding carboxylic acids is 2. The van der Waals surface area contributed by atoms with Crippen molar-refractivity contribution >= 4 is 23.3 Å². The number of carbonyl (C=O) groups is 2. The van der Waals surface area contributed by atoms with E-state index >= 15 is 0 Å². The predicted octanol–water partition coefficient (Wildman–Crippen LogP) is 3.14. The standard InChI is InChI=1S/C20H23N3O2S/c24-19-6-3-9-22(19)13-16-5-2-1-4-15(16)12-21-20(25)23-10-7-18-17(14-23)8-11-26-18/h1-2,4-5,8,11H,3,6-7,9-10,12-14H2,(H,21,25). The molecule has 0 radical (unpaired) electrons. The summed E-state index contributed by atoms with van der Waals surface area (Å²) in [6, 6.07) is 10.1. The molecule has 2 aromatic rings. The Balaban J connectivity index is 1.37. The molecule has 136 valence electrons. The van der Waals surface area contributed by atoms with E-state index in [-0.39, 0.29) is 11.9 Å². The second-order valence-corrected chi connectivity index (χ2v) is 7.89. The summed E-state index contributed by atoms with van der Waals surface area (Å²) in [5.41, 5.74) is 3.46. The molecule has 2 aliphatic heterocycles. The lowest BCUT2D eigenvalue weighted by Crippen LogP contribution is -2.42. The number of fused-ring (bicyclic) bond motifs is 1. The summed E-state index contributed by atoms with van der Waals surface area (Å²) in [5.74, 6) is 0.226. The van der Waals surface area contributed by atoms with Crippen LogP contribution in [0.25, 0.3) is 0 Å². The third-order valence-electron chi connectivity index (χ3n) is 5.18. The SMILES string of the molecule is O=C1CCCN1Cc1ccccc1CNC(=O)N1CCc2sccc2C1. The second-order valence-electron chi connectivity index (χ2n) is 6.89. The van der Waals surface area contributed by atoms with Crippen LogP contribution in [0.3, 0.4) is 0 Å². The zero-order valence-corrected chi connectivity index (χ0v) is 15.6. The number of urea groups is 1. The smallest absolute Gasteiger partial charge is 0.317 e. The van der Waals surface area contributed by atoms with Gasteiger partial charge in [-0.25, -0.2) is 4.79 Å². The van der Waals surface area contributed by atoms with E-state index in [2.05, 4.69) is 16.8 Å². The van der Waals surface area contributed by atoms with Gasteiger partial charge in [0.1, 0.15) is 0 Å². The molecule has 3 amide bonds. The Labute approximate surface area is 157 Å². The van der Waals surface area contributed by atoms with Crippen molar-refractivity contribution in [3.63, 3.8) is 0 Å². The highest BCUT2D eigenvalue weighted by Crippen LogP contribution is 2.24. The first-order chi connectivity index (χ1) is 12.7. The average Bonchev–Trinajstić information content (AvgIpc) is 3.29. The molecule has 0 bridgehead atoms. The first-order valence-corrected chi connectivity index (χ1v) is 10.0. The largest absolute Gasteiger partial charge is 0.338 e. The molecule has 0 atom stereocenters. The van der Waals surface area contributed by atoms with Gasteiger partial charge in [0.25, 0.3) is 0 Å². The van der Waals surface area contributed by atoms with Gasteiger partial charge in [-0.15, -0.1) is 11.3 Å². The summed E-state index contributed by atoms with van der Waals surface area (Å²) < 4.78 is 0. The van der Waals surface area contributed by atoms with Crippen LogP contribution in [-0.4, -0.2) is 34.8 Å². The van der Waals surface area contributed by atoms with Crippen molar-refractivity contribution in [2.75, 3.05) is 13.1 Å². The number of nitrogens with one attached hydrogen (secondary N) is 1. The lowest BCUT2D eigenvalue weighted by Gasteiger charge is -2.27. The van der Waals surface area contributed by atoms with Crippen LogP contribution in [0.1, 0.15) is 34.4 Å². The van der Waals surface area contributed by atoms with Crippen LogP contribution in [0.15, 0.2) is 35.7 Å². The van der Waals surface area contributed by atoms with Crippen molar-refractivity contribution in [2.45, 2.75) is 38.9 Å². The van der Waals surface area contributed by atoms with Gasteiger partial charge < -0.3 is 15.1 Å². The summed E-state index contributed by atoms with van der Waals surface area (Å²) in [6.07, 6.45) is 2.53. The Morgan fingerprint density at radius 1 is 1.12 bits per heavy atom. The third-order valence-corrected chi connectivity index (χ3v) is 6.20. The van der Waals surface area contributed by atoms with Crippen molar-refractivity contribution < 1.29 is 9.59 Å². The van der Waals surface area contributed by atoms with Gasteiger partial charge >= 0.3 is 6.03 Å². The van der Waals surface area contributed by atoms with Gasteiger partial charge in [0.05, 0.1) is 0 Å². The van der Waals surface area contributed by atoms with Gasteiger partial charge in [0.15, 0.2) is 0 Å². The van der Waals surface area contributed by atoms with Crippen molar-refractivity contribution in [1.82, 2.24) is 15.1 Å². The number of likely N-dealkylation sites (tertiary alicyclic amines) is 1. The number of thiophene rings is 1. The molecule has 5 nitrogen and oxygen atoms in total.